The zero-order chi connectivity index (χ0) is 29.9. The molecule has 4 rings (SSSR count). The number of nitrogens with zero attached hydrogens (tertiary/aromatic N) is 2. The SMILES string of the molecule is CO[C@@H]1[C@H](OC(=O)c2ccccc2)[C@@H](CO[Si](C)(C)C(C)(C)C)O[C@H]1n1ccc(=O)n(C(=O)c2ccccc2)c1=O. The summed E-state index contributed by atoms with van der Waals surface area (Å²) in [6.45, 7) is 10.6. The second-order valence-electron chi connectivity index (χ2n) is 11.4. The van der Waals surface area contributed by atoms with Crippen LogP contribution in [0.1, 0.15) is 47.7 Å². The standard InChI is InChI=1S/C30H36N2O8Si/c1-30(2,3)41(5,6)38-19-22-24(40-28(35)21-15-11-8-12-16-21)25(37-4)27(39-22)31-18-17-23(33)32(29(31)36)26(34)20-13-9-7-10-14-20/h7-18,22,24-25,27H,19H2,1-6H3/t22-,24-,25-,27-/m1/s1. The molecule has 3 aromatic rings. The van der Waals surface area contributed by atoms with Gasteiger partial charge in [-0.3, -0.25) is 14.2 Å². The summed E-state index contributed by atoms with van der Waals surface area (Å²) in [5, 5.41) is -0.0912. The minimum absolute atomic E-state index is 0.0803. The van der Waals surface area contributed by atoms with Gasteiger partial charge in [-0.15, -0.1) is 0 Å². The van der Waals surface area contributed by atoms with Crippen LogP contribution >= 0.6 is 0 Å². The second kappa shape index (κ2) is 12.1. The molecule has 218 valence electrons. The Bertz CT molecular complexity index is 1490. The van der Waals surface area contributed by atoms with Gasteiger partial charge in [0.2, 0.25) is 0 Å². The predicted molar refractivity (Wildman–Crippen MR) is 155 cm³/mol. The Labute approximate surface area is 239 Å². The number of carbonyl (C=O) groups excluding carboxylic acids is 2. The molecule has 1 saturated heterocycles. The number of ether oxygens (including phenoxy) is 3. The molecule has 0 aliphatic carbocycles. The maximum absolute atomic E-state index is 13.6. The van der Waals surface area contributed by atoms with E-state index in [1.54, 1.807) is 48.5 Å². The predicted octanol–water partition coefficient (Wildman–Crippen LogP) is 3.86. The van der Waals surface area contributed by atoms with Crippen LogP contribution in [-0.4, -0.2) is 61.4 Å². The van der Waals surface area contributed by atoms with E-state index in [-0.39, 0.29) is 17.2 Å². The fourth-order valence-electron chi connectivity index (χ4n) is 4.31. The van der Waals surface area contributed by atoms with E-state index >= 15 is 0 Å². The summed E-state index contributed by atoms with van der Waals surface area (Å²) in [6, 6.07) is 17.7. The zero-order valence-electron chi connectivity index (χ0n) is 24.1. The molecule has 1 aliphatic heterocycles. The van der Waals surface area contributed by atoms with Crippen molar-refractivity contribution in [1.29, 1.82) is 0 Å². The third-order valence-corrected chi connectivity index (χ3v) is 12.2. The lowest BCUT2D eigenvalue weighted by Crippen LogP contribution is -2.47. The van der Waals surface area contributed by atoms with Crippen LogP contribution in [0.15, 0.2) is 82.5 Å². The molecular weight excluding hydrogens is 544 g/mol. The van der Waals surface area contributed by atoms with Gasteiger partial charge in [0.15, 0.2) is 20.6 Å². The first-order valence-electron chi connectivity index (χ1n) is 13.4. The van der Waals surface area contributed by atoms with Gasteiger partial charge in [0.25, 0.3) is 11.5 Å². The van der Waals surface area contributed by atoms with Crippen molar-refractivity contribution >= 4 is 20.2 Å². The van der Waals surface area contributed by atoms with E-state index in [1.165, 1.54) is 25.4 Å². The Morgan fingerprint density at radius 2 is 1.49 bits per heavy atom. The number of hydrogen-bond acceptors (Lipinski definition) is 8. The van der Waals surface area contributed by atoms with Gasteiger partial charge in [0, 0.05) is 24.9 Å². The highest BCUT2D eigenvalue weighted by Gasteiger charge is 2.50. The Morgan fingerprint density at radius 3 is 2.05 bits per heavy atom. The summed E-state index contributed by atoms with van der Waals surface area (Å²) in [7, 11) is -0.825. The van der Waals surface area contributed by atoms with Crippen LogP contribution in [0.3, 0.4) is 0 Å². The first kappa shape index (κ1) is 30.3. The second-order valence-corrected chi connectivity index (χ2v) is 16.2. The molecule has 4 atom stereocenters. The first-order valence-corrected chi connectivity index (χ1v) is 16.3. The number of esters is 1. The van der Waals surface area contributed by atoms with Gasteiger partial charge in [0.1, 0.15) is 12.2 Å². The van der Waals surface area contributed by atoms with Crippen molar-refractivity contribution in [3.63, 3.8) is 0 Å². The molecular formula is C30H36N2O8Si. The number of rotatable bonds is 8. The highest BCUT2D eigenvalue weighted by Crippen LogP contribution is 2.39. The van der Waals surface area contributed by atoms with Gasteiger partial charge in [-0.25, -0.2) is 9.59 Å². The minimum Gasteiger partial charge on any atom is -0.453 e. The topological polar surface area (TPSA) is 115 Å². The fourth-order valence-corrected chi connectivity index (χ4v) is 5.33. The molecule has 1 fully saturated rings. The van der Waals surface area contributed by atoms with Crippen molar-refractivity contribution in [3.8, 4) is 0 Å². The average molecular weight is 581 g/mol. The maximum atomic E-state index is 13.6. The summed E-state index contributed by atoms with van der Waals surface area (Å²) in [4.78, 5) is 52.5. The Hall–Kier alpha value is -3.64. The summed E-state index contributed by atoms with van der Waals surface area (Å²) in [6.07, 6.45) is -2.58. The normalized spacial score (nSPS) is 21.0. The Morgan fingerprint density at radius 1 is 0.902 bits per heavy atom. The number of aromatic nitrogens is 2. The summed E-state index contributed by atoms with van der Waals surface area (Å²) in [5.74, 6) is -1.36. The molecule has 2 aromatic carbocycles. The van der Waals surface area contributed by atoms with E-state index in [4.69, 9.17) is 18.6 Å². The van der Waals surface area contributed by atoms with Crippen LogP contribution in [0.5, 0.6) is 0 Å². The van der Waals surface area contributed by atoms with Crippen LogP contribution < -0.4 is 11.2 Å². The van der Waals surface area contributed by atoms with Crippen molar-refractivity contribution in [2.75, 3.05) is 13.7 Å². The van der Waals surface area contributed by atoms with Gasteiger partial charge in [-0.1, -0.05) is 57.2 Å². The molecule has 10 nitrogen and oxygen atoms in total. The number of benzene rings is 2. The monoisotopic (exact) mass is 580 g/mol. The first-order chi connectivity index (χ1) is 19.4. The highest BCUT2D eigenvalue weighted by molar-refractivity contribution is 6.74. The van der Waals surface area contributed by atoms with E-state index in [9.17, 15) is 19.2 Å². The molecule has 41 heavy (non-hydrogen) atoms. The molecule has 0 spiro atoms. The van der Waals surface area contributed by atoms with Gasteiger partial charge < -0.3 is 18.6 Å². The third-order valence-electron chi connectivity index (χ3n) is 7.73. The van der Waals surface area contributed by atoms with Crippen molar-refractivity contribution < 1.29 is 28.2 Å². The van der Waals surface area contributed by atoms with Gasteiger partial charge in [-0.2, -0.15) is 4.57 Å². The lowest BCUT2D eigenvalue weighted by atomic mass is 10.1. The molecule has 0 saturated carbocycles. The quantitative estimate of drug-likeness (QED) is 0.292. The largest absolute Gasteiger partial charge is 0.453 e. The Balaban J connectivity index is 1.72. The Kier molecular flexibility index (Phi) is 8.93. The molecule has 1 aliphatic rings. The highest BCUT2D eigenvalue weighted by atomic mass is 28.4. The summed E-state index contributed by atoms with van der Waals surface area (Å²) >= 11 is 0. The smallest absolute Gasteiger partial charge is 0.340 e. The third kappa shape index (κ3) is 6.33. The molecule has 0 radical (unpaired) electrons. The van der Waals surface area contributed by atoms with Crippen molar-refractivity contribution in [1.82, 2.24) is 9.13 Å². The maximum Gasteiger partial charge on any atom is 0.340 e. The number of hydrogen-bond donors (Lipinski definition) is 0. The van der Waals surface area contributed by atoms with E-state index < -0.39 is 56.0 Å². The summed E-state index contributed by atoms with van der Waals surface area (Å²) < 4.78 is 26.1. The van der Waals surface area contributed by atoms with Crippen LogP contribution in [0.4, 0.5) is 0 Å². The van der Waals surface area contributed by atoms with E-state index in [1.807, 2.05) is 0 Å². The van der Waals surface area contributed by atoms with Crippen LogP contribution in [0, 0.1) is 0 Å². The van der Waals surface area contributed by atoms with Gasteiger partial charge in [0.05, 0.1) is 12.2 Å². The van der Waals surface area contributed by atoms with Crippen molar-refractivity contribution in [2.24, 2.45) is 0 Å². The molecule has 0 N–H and O–H groups in total. The van der Waals surface area contributed by atoms with Gasteiger partial charge >= 0.3 is 11.7 Å². The van der Waals surface area contributed by atoms with Crippen LogP contribution in [-0.2, 0) is 18.6 Å². The van der Waals surface area contributed by atoms with Gasteiger partial charge in [-0.05, 0) is 42.4 Å². The molecule has 11 heteroatoms. The molecule has 0 amide bonds. The lowest BCUT2D eigenvalue weighted by molar-refractivity contribution is -0.0617. The number of carbonyl (C=O) groups is 2. The average Bonchev–Trinajstić information content (AvgIpc) is 3.28. The summed E-state index contributed by atoms with van der Waals surface area (Å²) in [5.41, 5.74) is -1.17. The van der Waals surface area contributed by atoms with Crippen molar-refractivity contribution in [3.05, 3.63) is 105 Å². The molecule has 0 bridgehead atoms. The van der Waals surface area contributed by atoms with E-state index in [0.29, 0.717) is 10.1 Å². The van der Waals surface area contributed by atoms with E-state index in [0.717, 1.165) is 10.6 Å². The van der Waals surface area contributed by atoms with Crippen LogP contribution in [0.25, 0.3) is 0 Å². The van der Waals surface area contributed by atoms with Crippen LogP contribution in [0.2, 0.25) is 18.1 Å². The molecule has 1 aromatic heterocycles. The lowest BCUT2D eigenvalue weighted by Gasteiger charge is -2.37. The molecule has 2 heterocycles. The minimum atomic E-state index is -2.24. The molecule has 0 unspecified atom stereocenters. The number of methoxy groups -OCH3 is 1. The van der Waals surface area contributed by atoms with Crippen molar-refractivity contribution in [2.45, 2.75) is 63.4 Å². The van der Waals surface area contributed by atoms with E-state index in [2.05, 4.69) is 33.9 Å². The zero-order valence-corrected chi connectivity index (χ0v) is 25.1. The fraction of sp³-hybridized carbons (Fsp3) is 0.400.